The summed E-state index contributed by atoms with van der Waals surface area (Å²) in [7, 11) is -3.38. The lowest BCUT2D eigenvalue weighted by atomic mass is 10.2. The van der Waals surface area contributed by atoms with Gasteiger partial charge in [-0.1, -0.05) is 11.6 Å². The Labute approximate surface area is 200 Å². The summed E-state index contributed by atoms with van der Waals surface area (Å²) in [6, 6.07) is 14.1. The van der Waals surface area contributed by atoms with E-state index < -0.39 is 15.9 Å². The third-order valence-corrected chi connectivity index (χ3v) is 7.69. The van der Waals surface area contributed by atoms with Gasteiger partial charge in [0.15, 0.2) is 5.82 Å². The molecule has 2 aromatic heterocycles. The number of sulfonamides is 1. The highest BCUT2D eigenvalue weighted by atomic mass is 35.5. The molecule has 1 amide bonds. The fraction of sp³-hybridized carbons (Fsp3) is 0.130. The van der Waals surface area contributed by atoms with E-state index in [0.717, 1.165) is 0 Å². The highest BCUT2D eigenvalue weighted by molar-refractivity contribution is 7.93. The van der Waals surface area contributed by atoms with Crippen LogP contribution in [0.5, 0.6) is 0 Å². The third kappa shape index (κ3) is 4.06. The Balaban J connectivity index is 1.51. The lowest BCUT2D eigenvalue weighted by molar-refractivity contribution is 0.102. The molecule has 0 spiro atoms. The summed E-state index contributed by atoms with van der Waals surface area (Å²) >= 11 is 6.32. The zero-order chi connectivity index (χ0) is 23.9. The number of carbonyl (C=O) groups excluding carboxylic acids is 1. The smallest absolute Gasteiger partial charge is 0.261 e. The Morgan fingerprint density at radius 2 is 1.76 bits per heavy atom. The van der Waals surface area contributed by atoms with Crippen molar-refractivity contribution < 1.29 is 17.6 Å². The molecule has 34 heavy (non-hydrogen) atoms. The van der Waals surface area contributed by atoms with E-state index in [2.05, 4.69) is 10.4 Å². The number of rotatable bonds is 5. The van der Waals surface area contributed by atoms with Crippen LogP contribution in [0.4, 0.5) is 15.8 Å². The van der Waals surface area contributed by atoms with Crippen LogP contribution in [-0.4, -0.2) is 41.0 Å². The van der Waals surface area contributed by atoms with Crippen LogP contribution in [0.3, 0.4) is 0 Å². The molecule has 1 N–H and O–H groups in total. The van der Waals surface area contributed by atoms with Crippen LogP contribution >= 0.6 is 11.6 Å². The maximum Gasteiger partial charge on any atom is 0.261 e. The van der Waals surface area contributed by atoms with Crippen molar-refractivity contribution in [2.24, 2.45) is 0 Å². The number of hydrogen-bond donors (Lipinski definition) is 1. The molecule has 1 aliphatic rings. The molecule has 0 saturated carbocycles. The van der Waals surface area contributed by atoms with Crippen LogP contribution in [0.25, 0.3) is 11.5 Å². The molecular weight excluding hydrogens is 481 g/mol. The van der Waals surface area contributed by atoms with E-state index in [1.54, 1.807) is 59.4 Å². The number of hydrogen-bond acceptors (Lipinski definition) is 4. The van der Waals surface area contributed by atoms with E-state index in [4.69, 9.17) is 11.6 Å². The van der Waals surface area contributed by atoms with E-state index in [-0.39, 0.29) is 27.8 Å². The lowest BCUT2D eigenvalue weighted by Gasteiger charge is -2.18. The predicted octanol–water partition coefficient (Wildman–Crippen LogP) is 4.25. The molecule has 0 atom stereocenters. The summed E-state index contributed by atoms with van der Waals surface area (Å²) < 4.78 is 42.6. The van der Waals surface area contributed by atoms with Crippen molar-refractivity contribution >= 4 is 38.9 Å². The van der Waals surface area contributed by atoms with Crippen LogP contribution in [0.15, 0.2) is 73.2 Å². The highest BCUT2D eigenvalue weighted by Gasteiger charge is 2.29. The van der Waals surface area contributed by atoms with Gasteiger partial charge in [0.1, 0.15) is 11.4 Å². The van der Waals surface area contributed by atoms with E-state index in [9.17, 15) is 17.6 Å². The minimum absolute atomic E-state index is 0.0835. The fourth-order valence-corrected chi connectivity index (χ4v) is 5.60. The maximum atomic E-state index is 13.4. The number of aromatic nitrogens is 3. The molecule has 1 fully saturated rings. The topological polar surface area (TPSA) is 89.2 Å². The van der Waals surface area contributed by atoms with Crippen LogP contribution in [0, 0.1) is 5.82 Å². The molecule has 3 heterocycles. The molecule has 1 saturated heterocycles. The second-order valence-electron chi connectivity index (χ2n) is 7.72. The largest absolute Gasteiger partial charge is 0.320 e. The van der Waals surface area contributed by atoms with Crippen LogP contribution in [0.2, 0.25) is 5.02 Å². The standard InChI is InChI=1S/C23H19ClFN5O3S/c24-20-9-8-18(29-12-3-13-34(29,32)33)14-21(20)27-22(31)19-15-26-30(17-6-4-16(25)5-7-17)23(19)28-10-1-2-11-28/h1-2,4-11,14-15H,3,12-13H2,(H,27,31). The Morgan fingerprint density at radius 3 is 2.44 bits per heavy atom. The van der Waals surface area contributed by atoms with Gasteiger partial charge in [-0.3, -0.25) is 9.10 Å². The molecule has 0 radical (unpaired) electrons. The van der Waals surface area contributed by atoms with Gasteiger partial charge in [-0.2, -0.15) is 5.10 Å². The van der Waals surface area contributed by atoms with Gasteiger partial charge in [-0.05, 0) is 61.0 Å². The first kappa shape index (κ1) is 22.2. The first-order chi connectivity index (χ1) is 16.3. The van der Waals surface area contributed by atoms with Crippen LogP contribution < -0.4 is 9.62 Å². The van der Waals surface area contributed by atoms with Gasteiger partial charge >= 0.3 is 0 Å². The van der Waals surface area contributed by atoms with E-state index in [1.165, 1.54) is 27.3 Å². The molecule has 0 aliphatic carbocycles. The van der Waals surface area contributed by atoms with Gasteiger partial charge in [-0.25, -0.2) is 17.5 Å². The number of halogens is 2. The molecule has 0 unspecified atom stereocenters. The van der Waals surface area contributed by atoms with Crippen molar-refractivity contribution in [3.63, 3.8) is 0 Å². The van der Waals surface area contributed by atoms with Gasteiger partial charge < -0.3 is 9.88 Å². The van der Waals surface area contributed by atoms with E-state index >= 15 is 0 Å². The molecule has 4 aromatic rings. The Kier molecular flexibility index (Phi) is 5.62. The first-order valence-corrected chi connectivity index (χ1v) is 12.4. The maximum absolute atomic E-state index is 13.4. The van der Waals surface area contributed by atoms with E-state index in [1.807, 2.05) is 0 Å². The van der Waals surface area contributed by atoms with Crippen LogP contribution in [-0.2, 0) is 10.0 Å². The third-order valence-electron chi connectivity index (χ3n) is 5.49. The first-order valence-electron chi connectivity index (χ1n) is 10.4. The fourth-order valence-electron chi connectivity index (χ4n) is 3.88. The summed E-state index contributed by atoms with van der Waals surface area (Å²) in [6.45, 7) is 0.375. The molecule has 174 valence electrons. The predicted molar refractivity (Wildman–Crippen MR) is 128 cm³/mol. The van der Waals surface area contributed by atoms with Crippen molar-refractivity contribution in [3.8, 4) is 11.5 Å². The van der Waals surface area contributed by atoms with Crippen molar-refractivity contribution in [1.29, 1.82) is 0 Å². The number of carbonyl (C=O) groups is 1. The van der Waals surface area contributed by atoms with Crippen molar-refractivity contribution in [1.82, 2.24) is 14.3 Å². The average molecular weight is 500 g/mol. The highest BCUT2D eigenvalue weighted by Crippen LogP contribution is 2.32. The zero-order valence-corrected chi connectivity index (χ0v) is 19.3. The molecule has 5 rings (SSSR count). The molecule has 1 aliphatic heterocycles. The van der Waals surface area contributed by atoms with Crippen molar-refractivity contribution in [2.45, 2.75) is 6.42 Å². The SMILES string of the molecule is O=C(Nc1cc(N2CCCS2(=O)=O)ccc1Cl)c1cnn(-c2ccc(F)cc2)c1-n1cccc1. The van der Waals surface area contributed by atoms with Gasteiger partial charge in [0.05, 0.1) is 34.0 Å². The Bertz CT molecular complexity index is 1470. The molecule has 11 heteroatoms. The monoisotopic (exact) mass is 499 g/mol. The quantitative estimate of drug-likeness (QED) is 0.444. The minimum Gasteiger partial charge on any atom is -0.320 e. The van der Waals surface area contributed by atoms with Crippen LogP contribution in [0.1, 0.15) is 16.8 Å². The molecular formula is C23H19ClFN5O3S. The van der Waals surface area contributed by atoms with Crippen molar-refractivity contribution in [2.75, 3.05) is 21.9 Å². The molecule has 8 nitrogen and oxygen atoms in total. The number of amides is 1. The summed E-state index contributed by atoms with van der Waals surface area (Å²) in [5, 5.41) is 7.39. The summed E-state index contributed by atoms with van der Waals surface area (Å²) in [5.74, 6) is -0.338. The second-order valence-corrected chi connectivity index (χ2v) is 10.1. The molecule has 2 aromatic carbocycles. The van der Waals surface area contributed by atoms with Gasteiger partial charge in [0.2, 0.25) is 10.0 Å². The second kappa shape index (κ2) is 8.62. The van der Waals surface area contributed by atoms with Gasteiger partial charge in [-0.15, -0.1) is 0 Å². The lowest BCUT2D eigenvalue weighted by Crippen LogP contribution is -2.25. The summed E-state index contributed by atoms with van der Waals surface area (Å²) in [6.07, 6.45) is 5.48. The van der Waals surface area contributed by atoms with E-state index in [0.29, 0.717) is 30.2 Å². The number of nitrogens with zero attached hydrogens (tertiary/aromatic N) is 4. The summed E-state index contributed by atoms with van der Waals surface area (Å²) in [5.41, 5.74) is 1.53. The Morgan fingerprint density at radius 1 is 1.06 bits per heavy atom. The number of nitrogens with one attached hydrogen (secondary N) is 1. The number of benzene rings is 2. The van der Waals surface area contributed by atoms with Gasteiger partial charge in [0, 0.05) is 18.9 Å². The minimum atomic E-state index is -3.38. The number of anilines is 2. The average Bonchev–Trinajstić information content (AvgIpc) is 3.55. The zero-order valence-electron chi connectivity index (χ0n) is 17.7. The molecule has 0 bridgehead atoms. The normalized spacial score (nSPS) is 14.9. The Hall–Kier alpha value is -3.63. The summed E-state index contributed by atoms with van der Waals surface area (Å²) in [4.78, 5) is 13.3. The van der Waals surface area contributed by atoms with Crippen molar-refractivity contribution in [3.05, 3.63) is 89.6 Å². The van der Waals surface area contributed by atoms with Gasteiger partial charge in [0.25, 0.3) is 5.91 Å².